The number of nitrogen functional groups attached to an aromatic ring is 1. The number of carbonyl (C=O) groups excluding carboxylic acids is 1. The van der Waals surface area contributed by atoms with Gasteiger partial charge in [-0.2, -0.15) is 0 Å². The molecule has 1 rings (SSSR count). The minimum atomic E-state index is -0.242. The van der Waals surface area contributed by atoms with Gasteiger partial charge >= 0.3 is 0 Å². The van der Waals surface area contributed by atoms with Crippen molar-refractivity contribution in [1.29, 1.82) is 0 Å². The fraction of sp³-hybridized carbons (Fsp3) is 0.500. The van der Waals surface area contributed by atoms with Gasteiger partial charge in [-0.05, 0) is 25.0 Å². The lowest BCUT2D eigenvalue weighted by Crippen LogP contribution is -2.25. The number of rotatable bonds is 9. The highest BCUT2D eigenvalue weighted by Gasteiger charge is 2.12. The molecule has 0 radical (unpaired) electrons. The highest BCUT2D eigenvalue weighted by atomic mass is 35.5. The van der Waals surface area contributed by atoms with E-state index in [1.165, 1.54) is 0 Å². The highest BCUT2D eigenvalue weighted by Crippen LogP contribution is 2.21. The molecule has 112 valence electrons. The van der Waals surface area contributed by atoms with Gasteiger partial charge in [-0.25, -0.2) is 0 Å². The molecule has 0 spiro atoms. The second kappa shape index (κ2) is 9.58. The monoisotopic (exact) mass is 300 g/mol. The first-order valence-corrected chi connectivity index (χ1v) is 6.93. The maximum absolute atomic E-state index is 11.9. The minimum Gasteiger partial charge on any atom is -0.398 e. The fourth-order valence-corrected chi connectivity index (χ4v) is 1.91. The van der Waals surface area contributed by atoms with Crippen LogP contribution in [0.2, 0.25) is 5.02 Å². The maximum Gasteiger partial charge on any atom is 0.254 e. The summed E-state index contributed by atoms with van der Waals surface area (Å²) in [6.45, 7) is 2.42. The van der Waals surface area contributed by atoms with E-state index in [9.17, 15) is 4.79 Å². The molecular weight excluding hydrogens is 280 g/mol. The molecule has 0 aliphatic heterocycles. The van der Waals surface area contributed by atoms with Crippen LogP contribution in [0.3, 0.4) is 0 Å². The third-order valence-electron chi connectivity index (χ3n) is 2.71. The molecule has 0 atom stereocenters. The summed E-state index contributed by atoms with van der Waals surface area (Å²) in [5.41, 5.74) is 6.47. The number of unbranched alkanes of at least 4 members (excludes halogenated alkanes) is 1. The van der Waals surface area contributed by atoms with E-state index < -0.39 is 0 Å². The van der Waals surface area contributed by atoms with Crippen molar-refractivity contribution >= 4 is 23.2 Å². The van der Waals surface area contributed by atoms with Crippen LogP contribution in [0.1, 0.15) is 23.2 Å². The van der Waals surface area contributed by atoms with Gasteiger partial charge in [-0.3, -0.25) is 4.79 Å². The van der Waals surface area contributed by atoms with Crippen LogP contribution in [-0.2, 0) is 9.47 Å². The van der Waals surface area contributed by atoms with Gasteiger partial charge in [0.05, 0.1) is 23.8 Å². The zero-order valence-corrected chi connectivity index (χ0v) is 12.4. The Kier molecular flexibility index (Phi) is 8.02. The molecule has 0 saturated carbocycles. The average Bonchev–Trinajstić information content (AvgIpc) is 2.41. The number of hydrogen-bond donors (Lipinski definition) is 2. The van der Waals surface area contributed by atoms with Gasteiger partial charge in [0, 0.05) is 25.9 Å². The summed E-state index contributed by atoms with van der Waals surface area (Å²) in [6.07, 6.45) is 1.71. The first-order valence-electron chi connectivity index (χ1n) is 6.55. The standard InChI is InChI=1S/C14H21ClN2O3/c1-19-9-10-20-8-3-2-7-17-14(18)13-11(15)5-4-6-12(13)16/h4-6H,2-3,7-10,16H2,1H3,(H,17,18). The van der Waals surface area contributed by atoms with E-state index in [2.05, 4.69) is 5.32 Å². The van der Waals surface area contributed by atoms with Gasteiger partial charge in [0.25, 0.3) is 5.91 Å². The highest BCUT2D eigenvalue weighted by molar-refractivity contribution is 6.34. The molecule has 20 heavy (non-hydrogen) atoms. The van der Waals surface area contributed by atoms with Crippen molar-refractivity contribution in [3.05, 3.63) is 28.8 Å². The van der Waals surface area contributed by atoms with Crippen molar-refractivity contribution < 1.29 is 14.3 Å². The van der Waals surface area contributed by atoms with Crippen molar-refractivity contribution in [1.82, 2.24) is 5.32 Å². The van der Waals surface area contributed by atoms with Crippen LogP contribution in [0.15, 0.2) is 18.2 Å². The largest absolute Gasteiger partial charge is 0.398 e. The normalized spacial score (nSPS) is 10.5. The van der Waals surface area contributed by atoms with E-state index in [0.717, 1.165) is 12.8 Å². The molecule has 0 heterocycles. The van der Waals surface area contributed by atoms with Gasteiger partial charge in [0.1, 0.15) is 0 Å². The van der Waals surface area contributed by atoms with E-state index in [0.29, 0.717) is 42.6 Å². The Balaban J connectivity index is 2.21. The van der Waals surface area contributed by atoms with Gasteiger partial charge in [0.15, 0.2) is 0 Å². The predicted octanol–water partition coefficient (Wildman–Crippen LogP) is 2.10. The molecule has 0 unspecified atom stereocenters. The van der Waals surface area contributed by atoms with Gasteiger partial charge in [-0.1, -0.05) is 17.7 Å². The summed E-state index contributed by atoms with van der Waals surface area (Å²) in [5, 5.41) is 3.17. The topological polar surface area (TPSA) is 73.6 Å². The molecule has 5 nitrogen and oxygen atoms in total. The zero-order valence-electron chi connectivity index (χ0n) is 11.7. The molecule has 0 aliphatic carbocycles. The van der Waals surface area contributed by atoms with E-state index >= 15 is 0 Å². The Morgan fingerprint density at radius 3 is 2.80 bits per heavy atom. The first-order chi connectivity index (χ1) is 9.66. The van der Waals surface area contributed by atoms with Crippen molar-refractivity contribution in [3.8, 4) is 0 Å². The fourth-order valence-electron chi connectivity index (χ4n) is 1.64. The Morgan fingerprint density at radius 2 is 2.10 bits per heavy atom. The van der Waals surface area contributed by atoms with Crippen LogP contribution >= 0.6 is 11.6 Å². The molecule has 1 aromatic carbocycles. The van der Waals surface area contributed by atoms with E-state index in [-0.39, 0.29) is 5.91 Å². The molecule has 6 heteroatoms. The summed E-state index contributed by atoms with van der Waals surface area (Å²) < 4.78 is 10.2. The Morgan fingerprint density at radius 1 is 1.30 bits per heavy atom. The Labute approximate surface area is 124 Å². The lowest BCUT2D eigenvalue weighted by Gasteiger charge is -2.09. The molecule has 0 bridgehead atoms. The zero-order chi connectivity index (χ0) is 14.8. The number of carbonyl (C=O) groups is 1. The van der Waals surface area contributed by atoms with Crippen molar-refractivity contribution in [2.24, 2.45) is 0 Å². The Bertz CT molecular complexity index is 407. The summed E-state index contributed by atoms with van der Waals surface area (Å²) in [4.78, 5) is 11.9. The molecule has 1 amide bonds. The average molecular weight is 301 g/mol. The third kappa shape index (κ3) is 5.77. The predicted molar refractivity (Wildman–Crippen MR) is 80.1 cm³/mol. The van der Waals surface area contributed by atoms with Crippen LogP contribution in [0, 0.1) is 0 Å². The molecule has 3 N–H and O–H groups in total. The summed E-state index contributed by atoms with van der Waals surface area (Å²) in [6, 6.07) is 5.02. The smallest absolute Gasteiger partial charge is 0.254 e. The SMILES string of the molecule is COCCOCCCCNC(=O)c1c(N)cccc1Cl. The molecule has 0 fully saturated rings. The molecule has 0 aliphatic rings. The number of anilines is 1. The third-order valence-corrected chi connectivity index (χ3v) is 3.02. The van der Waals surface area contributed by atoms with Gasteiger partial charge in [0.2, 0.25) is 0 Å². The van der Waals surface area contributed by atoms with Crippen molar-refractivity contribution in [2.75, 3.05) is 39.2 Å². The molecule has 0 saturated heterocycles. The molecule has 1 aromatic rings. The number of ether oxygens (including phenoxy) is 2. The quantitative estimate of drug-likeness (QED) is 0.541. The lowest BCUT2D eigenvalue weighted by molar-refractivity contribution is 0.0686. The maximum atomic E-state index is 11.9. The molecular formula is C14H21ClN2O3. The van der Waals surface area contributed by atoms with E-state index in [1.54, 1.807) is 25.3 Å². The van der Waals surface area contributed by atoms with Gasteiger partial charge in [-0.15, -0.1) is 0 Å². The van der Waals surface area contributed by atoms with Crippen LogP contribution in [0.5, 0.6) is 0 Å². The Hall–Kier alpha value is -1.30. The van der Waals surface area contributed by atoms with Crippen LogP contribution in [0.4, 0.5) is 5.69 Å². The number of nitrogens with two attached hydrogens (primary N) is 1. The number of nitrogens with one attached hydrogen (secondary N) is 1. The van der Waals surface area contributed by atoms with Gasteiger partial charge < -0.3 is 20.5 Å². The van der Waals surface area contributed by atoms with Crippen molar-refractivity contribution in [2.45, 2.75) is 12.8 Å². The van der Waals surface area contributed by atoms with Crippen LogP contribution in [0.25, 0.3) is 0 Å². The second-order valence-corrected chi connectivity index (χ2v) is 4.68. The number of benzene rings is 1. The van der Waals surface area contributed by atoms with E-state index in [1.807, 2.05) is 0 Å². The molecule has 0 aromatic heterocycles. The minimum absolute atomic E-state index is 0.242. The lowest BCUT2D eigenvalue weighted by atomic mass is 10.1. The summed E-state index contributed by atoms with van der Waals surface area (Å²) in [5.74, 6) is -0.242. The second-order valence-electron chi connectivity index (χ2n) is 4.27. The number of halogens is 1. The van der Waals surface area contributed by atoms with E-state index in [4.69, 9.17) is 26.8 Å². The summed E-state index contributed by atoms with van der Waals surface area (Å²) >= 11 is 5.96. The van der Waals surface area contributed by atoms with Crippen molar-refractivity contribution in [3.63, 3.8) is 0 Å². The number of amides is 1. The van der Waals surface area contributed by atoms with Crippen LogP contribution in [-0.4, -0.2) is 39.4 Å². The first kappa shape index (κ1) is 16.8. The van der Waals surface area contributed by atoms with Crippen LogP contribution < -0.4 is 11.1 Å². The number of hydrogen-bond acceptors (Lipinski definition) is 4. The summed E-state index contributed by atoms with van der Waals surface area (Å²) in [7, 11) is 1.64. The number of methoxy groups -OCH3 is 1.